The zero-order valence-corrected chi connectivity index (χ0v) is 53.8. The van der Waals surface area contributed by atoms with Gasteiger partial charge in [0, 0.05) is 12.8 Å². The Morgan fingerprint density at radius 3 is 0.949 bits per heavy atom. The van der Waals surface area contributed by atoms with E-state index >= 15 is 0 Å². The maximum Gasteiger partial charge on any atom is 0.472 e. The van der Waals surface area contributed by atoms with E-state index in [0.717, 1.165) is 51.4 Å². The molecule has 2 atom stereocenters. The molecule has 464 valence electrons. The fraction of sp³-hybridized carbons (Fsp3) is 0.941. The molecule has 9 nitrogen and oxygen atoms in total. The topological polar surface area (TPSA) is 108 Å². The standard InChI is InChI=1S/C68H134NO8P/c1-6-8-10-12-14-16-18-20-22-23-24-25-26-27-28-29-30-31-32-33-34-35-36-37-38-39-40-41-42-43-44-45-47-48-50-52-54-56-58-60-67(70)74-64-66(65-76-78(72,73)75-63-62-69(3,4)5)77-68(71)61-59-57-55-53-51-49-46-21-19-17-15-13-11-9-7-2/h21,46,66H,6-20,22-45,47-65H2,1-5H3/p+1/b46-21-. The van der Waals surface area contributed by atoms with Crippen molar-refractivity contribution in [1.82, 2.24) is 0 Å². The molecular weight excluding hydrogens is 990 g/mol. The quantitative estimate of drug-likeness (QED) is 0.0211. The molecule has 0 radical (unpaired) electrons. The molecule has 0 rings (SSSR count). The average Bonchev–Trinajstić information content (AvgIpc) is 3.41. The number of esters is 2. The molecule has 10 heteroatoms. The fourth-order valence-electron chi connectivity index (χ4n) is 10.5. The molecule has 0 amide bonds. The Morgan fingerprint density at radius 2 is 0.654 bits per heavy atom. The van der Waals surface area contributed by atoms with E-state index < -0.39 is 26.5 Å². The smallest absolute Gasteiger partial charge is 0.462 e. The van der Waals surface area contributed by atoms with Crippen LogP contribution in [0.2, 0.25) is 0 Å². The predicted molar refractivity (Wildman–Crippen MR) is 335 cm³/mol. The second-order valence-corrected chi connectivity index (χ2v) is 26.4. The summed E-state index contributed by atoms with van der Waals surface area (Å²) in [5, 5.41) is 0. The van der Waals surface area contributed by atoms with Crippen LogP contribution in [-0.4, -0.2) is 74.9 Å². The Bertz CT molecular complexity index is 1320. The molecule has 78 heavy (non-hydrogen) atoms. The van der Waals surface area contributed by atoms with E-state index in [4.69, 9.17) is 18.5 Å². The molecule has 0 aromatic carbocycles. The highest BCUT2D eigenvalue weighted by Gasteiger charge is 2.27. The third kappa shape index (κ3) is 63.9. The van der Waals surface area contributed by atoms with Crippen LogP contribution in [0.25, 0.3) is 0 Å². The summed E-state index contributed by atoms with van der Waals surface area (Å²) in [6.07, 6.45) is 73.5. The minimum Gasteiger partial charge on any atom is -0.462 e. The first-order valence-corrected chi connectivity index (χ1v) is 35.9. The van der Waals surface area contributed by atoms with Gasteiger partial charge < -0.3 is 18.9 Å². The van der Waals surface area contributed by atoms with Crippen LogP contribution in [0.15, 0.2) is 12.2 Å². The van der Waals surface area contributed by atoms with Crippen molar-refractivity contribution >= 4 is 19.8 Å². The van der Waals surface area contributed by atoms with E-state index in [1.54, 1.807) is 0 Å². The van der Waals surface area contributed by atoms with Gasteiger partial charge in [-0.3, -0.25) is 18.6 Å². The van der Waals surface area contributed by atoms with Crippen molar-refractivity contribution in [2.24, 2.45) is 0 Å². The third-order valence-corrected chi connectivity index (χ3v) is 16.8. The summed E-state index contributed by atoms with van der Waals surface area (Å²) >= 11 is 0. The van der Waals surface area contributed by atoms with E-state index in [1.165, 1.54) is 276 Å². The Kier molecular flexibility index (Phi) is 59.4. The van der Waals surface area contributed by atoms with Crippen LogP contribution >= 0.6 is 7.82 Å². The second kappa shape index (κ2) is 60.3. The van der Waals surface area contributed by atoms with Crippen LogP contribution < -0.4 is 0 Å². The van der Waals surface area contributed by atoms with Crippen LogP contribution in [-0.2, 0) is 32.7 Å². The molecule has 0 aromatic rings. The molecule has 1 N–H and O–H groups in total. The van der Waals surface area contributed by atoms with Crippen molar-refractivity contribution in [1.29, 1.82) is 0 Å². The van der Waals surface area contributed by atoms with Gasteiger partial charge in [-0.1, -0.05) is 321 Å². The van der Waals surface area contributed by atoms with Crippen molar-refractivity contribution in [2.45, 2.75) is 367 Å². The lowest BCUT2D eigenvalue weighted by molar-refractivity contribution is -0.870. The van der Waals surface area contributed by atoms with Crippen LogP contribution in [0.5, 0.6) is 0 Å². The Hall–Kier alpha value is -1.25. The number of phosphoric ester groups is 1. The number of quaternary nitrogens is 1. The number of allylic oxidation sites excluding steroid dienone is 2. The van der Waals surface area contributed by atoms with Crippen LogP contribution in [0, 0.1) is 0 Å². The lowest BCUT2D eigenvalue weighted by atomic mass is 10.0. The summed E-state index contributed by atoms with van der Waals surface area (Å²) in [7, 11) is 1.49. The zero-order chi connectivity index (χ0) is 57.0. The molecule has 0 bridgehead atoms. The van der Waals surface area contributed by atoms with Gasteiger partial charge in [0.05, 0.1) is 27.7 Å². The zero-order valence-electron chi connectivity index (χ0n) is 52.9. The van der Waals surface area contributed by atoms with Gasteiger partial charge in [0.25, 0.3) is 0 Å². The van der Waals surface area contributed by atoms with Gasteiger partial charge >= 0.3 is 19.8 Å². The molecule has 0 fully saturated rings. The molecule has 0 spiro atoms. The molecule has 0 heterocycles. The highest BCUT2D eigenvalue weighted by Crippen LogP contribution is 2.43. The largest absolute Gasteiger partial charge is 0.472 e. The predicted octanol–water partition coefficient (Wildman–Crippen LogP) is 21.9. The fourth-order valence-corrected chi connectivity index (χ4v) is 11.2. The van der Waals surface area contributed by atoms with E-state index in [0.29, 0.717) is 23.9 Å². The average molecular weight is 1130 g/mol. The van der Waals surface area contributed by atoms with Gasteiger partial charge in [-0.25, -0.2) is 4.57 Å². The molecule has 0 saturated heterocycles. The summed E-state index contributed by atoms with van der Waals surface area (Å²) in [5.41, 5.74) is 0. The van der Waals surface area contributed by atoms with Crippen LogP contribution in [0.4, 0.5) is 0 Å². The van der Waals surface area contributed by atoms with Gasteiger partial charge in [0.15, 0.2) is 6.10 Å². The molecule has 0 aliphatic heterocycles. The van der Waals surface area contributed by atoms with Crippen molar-refractivity contribution < 1.29 is 42.1 Å². The highest BCUT2D eigenvalue weighted by atomic mass is 31.2. The number of hydrogen-bond donors (Lipinski definition) is 1. The Morgan fingerprint density at radius 1 is 0.385 bits per heavy atom. The van der Waals surface area contributed by atoms with Crippen molar-refractivity contribution in [3.05, 3.63) is 12.2 Å². The van der Waals surface area contributed by atoms with Gasteiger partial charge in [0.2, 0.25) is 0 Å². The molecule has 0 saturated carbocycles. The maximum absolute atomic E-state index is 12.8. The monoisotopic (exact) mass is 1120 g/mol. The molecule has 0 aliphatic rings. The number of phosphoric acid groups is 1. The molecule has 2 unspecified atom stereocenters. The first-order chi connectivity index (χ1) is 38.0. The minimum absolute atomic E-state index is 0.0337. The van der Waals surface area contributed by atoms with Crippen molar-refractivity contribution in [3.63, 3.8) is 0 Å². The van der Waals surface area contributed by atoms with Crippen molar-refractivity contribution in [2.75, 3.05) is 47.5 Å². The number of carbonyl (C=O) groups is 2. The molecule has 0 aliphatic carbocycles. The van der Waals surface area contributed by atoms with Gasteiger partial charge in [-0.2, -0.15) is 0 Å². The maximum atomic E-state index is 12.8. The summed E-state index contributed by atoms with van der Waals surface area (Å²) in [6.45, 7) is 4.48. The summed E-state index contributed by atoms with van der Waals surface area (Å²) < 4.78 is 34.6. The van der Waals surface area contributed by atoms with Gasteiger partial charge in [0.1, 0.15) is 19.8 Å². The van der Waals surface area contributed by atoms with Gasteiger partial charge in [-0.05, 0) is 38.5 Å². The lowest BCUT2D eigenvalue weighted by Crippen LogP contribution is -2.37. The number of hydrogen-bond acceptors (Lipinski definition) is 7. The summed E-state index contributed by atoms with van der Waals surface area (Å²) in [5.74, 6) is -0.788. The molecule has 0 aromatic heterocycles. The Balaban J connectivity index is 3.82. The first kappa shape index (κ1) is 76.8. The summed E-state index contributed by atoms with van der Waals surface area (Å²) in [6, 6.07) is 0. The van der Waals surface area contributed by atoms with Crippen LogP contribution in [0.1, 0.15) is 361 Å². The molecular formula is C68H135NO8P+. The highest BCUT2D eigenvalue weighted by molar-refractivity contribution is 7.47. The third-order valence-electron chi connectivity index (χ3n) is 15.8. The second-order valence-electron chi connectivity index (χ2n) is 24.9. The lowest BCUT2D eigenvalue weighted by Gasteiger charge is -2.24. The Labute approximate surface area is 486 Å². The van der Waals surface area contributed by atoms with Crippen LogP contribution in [0.3, 0.4) is 0 Å². The van der Waals surface area contributed by atoms with E-state index in [-0.39, 0.29) is 25.6 Å². The number of likely N-dealkylation sites (N-methyl/N-ethyl adjacent to an activating group) is 1. The van der Waals surface area contributed by atoms with Crippen molar-refractivity contribution in [3.8, 4) is 0 Å². The van der Waals surface area contributed by atoms with E-state index in [2.05, 4.69) is 26.0 Å². The van der Waals surface area contributed by atoms with E-state index in [9.17, 15) is 19.0 Å². The number of rotatable bonds is 65. The first-order valence-electron chi connectivity index (χ1n) is 34.4. The SMILES string of the molecule is CCCCCCCC/C=C\CCCCCCCC(=O)OC(COC(=O)CCCCCCCCCCCCCCCCCCCCCCCCCCCCCCCCCCCCCCCCC)COP(=O)(O)OCC[N+](C)(C)C. The number of carbonyl (C=O) groups excluding carboxylic acids is 2. The minimum atomic E-state index is -4.38. The van der Waals surface area contributed by atoms with Gasteiger partial charge in [-0.15, -0.1) is 0 Å². The summed E-state index contributed by atoms with van der Waals surface area (Å²) in [4.78, 5) is 35.7. The van der Waals surface area contributed by atoms with E-state index in [1.807, 2.05) is 21.1 Å². The number of nitrogens with zero attached hydrogens (tertiary/aromatic N) is 1. The number of unbranched alkanes of at least 4 members (excludes halogenated alkanes) is 49. The number of ether oxygens (including phenoxy) is 2. The normalized spacial score (nSPS) is 13.2.